The SMILES string of the molecule is Cn1cc(-c2ccsc2)cc(NC(=O)N2CCC(n3nc(-c4ccccc4)[nH]c3=O)CC2)c1=O. The standard InChI is InChI=1S/C24H24N6O3S/c1-28-14-18(17-9-12-34-15-17)13-20(22(28)31)25-23(32)29-10-7-19(8-11-29)30-24(33)26-21(27-30)16-5-3-2-4-6-16/h2-6,9,12-15,19H,7-8,10-11H2,1H3,(H,25,32)(H,26,27,33). The molecule has 9 nitrogen and oxygen atoms in total. The van der Waals surface area contributed by atoms with Crippen LogP contribution in [0, 0.1) is 0 Å². The number of nitrogens with zero attached hydrogens (tertiary/aromatic N) is 4. The van der Waals surface area contributed by atoms with Gasteiger partial charge in [0.2, 0.25) is 0 Å². The van der Waals surface area contributed by atoms with Gasteiger partial charge in [0.1, 0.15) is 5.69 Å². The topological polar surface area (TPSA) is 105 Å². The maximum atomic E-state index is 12.9. The molecule has 34 heavy (non-hydrogen) atoms. The number of piperidine rings is 1. The molecular formula is C24H24N6O3S. The van der Waals surface area contributed by atoms with Crippen LogP contribution >= 0.6 is 11.3 Å². The highest BCUT2D eigenvalue weighted by atomic mass is 32.1. The van der Waals surface area contributed by atoms with Crippen LogP contribution in [0.1, 0.15) is 18.9 Å². The number of hydrogen-bond acceptors (Lipinski definition) is 5. The second-order valence-electron chi connectivity index (χ2n) is 8.31. The number of likely N-dealkylation sites (tertiary alicyclic amines) is 1. The number of H-pyrrole nitrogens is 1. The van der Waals surface area contributed by atoms with E-state index in [9.17, 15) is 14.4 Å². The molecule has 4 heterocycles. The van der Waals surface area contributed by atoms with Gasteiger partial charge in [0.15, 0.2) is 5.82 Å². The van der Waals surface area contributed by atoms with E-state index in [1.165, 1.54) is 9.25 Å². The lowest BCUT2D eigenvalue weighted by atomic mass is 10.1. The van der Waals surface area contributed by atoms with E-state index < -0.39 is 0 Å². The van der Waals surface area contributed by atoms with Crippen molar-refractivity contribution >= 4 is 23.1 Å². The van der Waals surface area contributed by atoms with Crippen molar-refractivity contribution in [3.63, 3.8) is 0 Å². The first-order chi connectivity index (χ1) is 16.5. The number of aryl methyl sites for hydroxylation is 1. The summed E-state index contributed by atoms with van der Waals surface area (Å²) in [7, 11) is 1.67. The van der Waals surface area contributed by atoms with Crippen molar-refractivity contribution in [2.45, 2.75) is 18.9 Å². The molecule has 10 heteroatoms. The minimum Gasteiger partial charge on any atom is -0.324 e. The highest BCUT2D eigenvalue weighted by Crippen LogP contribution is 2.25. The second-order valence-corrected chi connectivity index (χ2v) is 9.09. The van der Waals surface area contributed by atoms with Crippen LogP contribution in [-0.4, -0.2) is 43.4 Å². The van der Waals surface area contributed by atoms with Gasteiger partial charge in [-0.25, -0.2) is 14.3 Å². The van der Waals surface area contributed by atoms with Gasteiger partial charge in [-0.15, -0.1) is 5.10 Å². The van der Waals surface area contributed by atoms with Crippen LogP contribution in [0.25, 0.3) is 22.5 Å². The highest BCUT2D eigenvalue weighted by Gasteiger charge is 2.26. The molecule has 3 aromatic heterocycles. The van der Waals surface area contributed by atoms with E-state index in [1.807, 2.05) is 47.2 Å². The molecule has 4 aromatic rings. The summed E-state index contributed by atoms with van der Waals surface area (Å²) in [6, 6.07) is 12.8. The number of thiophene rings is 1. The van der Waals surface area contributed by atoms with Crippen molar-refractivity contribution in [2.24, 2.45) is 7.05 Å². The lowest BCUT2D eigenvalue weighted by molar-refractivity contribution is 0.179. The fraction of sp³-hybridized carbons (Fsp3) is 0.250. The molecule has 1 fully saturated rings. The van der Waals surface area contributed by atoms with Gasteiger partial charge in [0, 0.05) is 37.5 Å². The normalized spacial score (nSPS) is 14.3. The van der Waals surface area contributed by atoms with E-state index >= 15 is 0 Å². The summed E-state index contributed by atoms with van der Waals surface area (Å²) >= 11 is 1.57. The molecule has 0 atom stereocenters. The number of nitrogens with one attached hydrogen (secondary N) is 2. The van der Waals surface area contributed by atoms with E-state index in [-0.39, 0.29) is 29.0 Å². The molecule has 1 aromatic carbocycles. The number of aromatic amines is 1. The maximum absolute atomic E-state index is 12.9. The highest BCUT2D eigenvalue weighted by molar-refractivity contribution is 7.08. The molecule has 2 amide bonds. The molecule has 0 saturated carbocycles. The van der Waals surface area contributed by atoms with Gasteiger partial charge >= 0.3 is 11.7 Å². The third kappa shape index (κ3) is 4.32. The number of carbonyl (C=O) groups is 1. The van der Waals surface area contributed by atoms with Crippen molar-refractivity contribution in [3.8, 4) is 22.5 Å². The van der Waals surface area contributed by atoms with Crippen LogP contribution in [0.15, 0.2) is 69.0 Å². The summed E-state index contributed by atoms with van der Waals surface area (Å²) in [5.74, 6) is 0.534. The van der Waals surface area contributed by atoms with Gasteiger partial charge in [-0.1, -0.05) is 30.3 Å². The molecule has 174 valence electrons. The fourth-order valence-corrected chi connectivity index (χ4v) is 4.87. The molecule has 0 radical (unpaired) electrons. The first-order valence-electron chi connectivity index (χ1n) is 11.0. The Bertz CT molecular complexity index is 1410. The summed E-state index contributed by atoms with van der Waals surface area (Å²) in [6.07, 6.45) is 2.95. The number of aromatic nitrogens is 4. The predicted molar refractivity (Wildman–Crippen MR) is 132 cm³/mol. The van der Waals surface area contributed by atoms with Crippen LogP contribution in [0.2, 0.25) is 0 Å². The number of benzene rings is 1. The number of rotatable bonds is 4. The number of carbonyl (C=O) groups excluding carboxylic acids is 1. The van der Waals surface area contributed by atoms with Gasteiger partial charge in [0.05, 0.1) is 6.04 Å². The Hall–Kier alpha value is -3.92. The molecular weight excluding hydrogens is 452 g/mol. The minimum atomic E-state index is -0.322. The second kappa shape index (κ2) is 9.14. The number of amides is 2. The zero-order chi connectivity index (χ0) is 23.7. The Morgan fingerprint density at radius 3 is 2.56 bits per heavy atom. The molecule has 1 aliphatic heterocycles. The van der Waals surface area contributed by atoms with Crippen LogP contribution in [0.3, 0.4) is 0 Å². The van der Waals surface area contributed by atoms with Crippen molar-refractivity contribution in [1.82, 2.24) is 24.2 Å². The first-order valence-corrected chi connectivity index (χ1v) is 12.0. The smallest absolute Gasteiger partial charge is 0.324 e. The van der Waals surface area contributed by atoms with E-state index in [2.05, 4.69) is 15.4 Å². The molecule has 0 bridgehead atoms. The predicted octanol–water partition coefficient (Wildman–Crippen LogP) is 3.53. The number of hydrogen-bond donors (Lipinski definition) is 2. The van der Waals surface area contributed by atoms with Crippen molar-refractivity contribution < 1.29 is 4.79 Å². The molecule has 0 aliphatic carbocycles. The average Bonchev–Trinajstić information content (AvgIpc) is 3.53. The van der Waals surface area contributed by atoms with Crippen molar-refractivity contribution in [1.29, 1.82) is 0 Å². The summed E-state index contributed by atoms with van der Waals surface area (Å²) < 4.78 is 2.96. The van der Waals surface area contributed by atoms with Gasteiger partial charge in [0.25, 0.3) is 5.56 Å². The third-order valence-corrected chi connectivity index (χ3v) is 6.75. The summed E-state index contributed by atoms with van der Waals surface area (Å²) in [5.41, 5.74) is 2.44. The third-order valence-electron chi connectivity index (χ3n) is 6.07. The Kier molecular flexibility index (Phi) is 5.89. The fourth-order valence-electron chi connectivity index (χ4n) is 4.21. The van der Waals surface area contributed by atoms with Crippen molar-refractivity contribution in [3.05, 3.63) is 80.3 Å². The zero-order valence-corrected chi connectivity index (χ0v) is 19.4. The van der Waals surface area contributed by atoms with Crippen LogP contribution in [-0.2, 0) is 7.05 Å². The summed E-state index contributed by atoms with van der Waals surface area (Å²) in [4.78, 5) is 42.5. The zero-order valence-electron chi connectivity index (χ0n) is 18.6. The Balaban J connectivity index is 1.26. The quantitative estimate of drug-likeness (QED) is 0.470. The van der Waals surface area contributed by atoms with E-state index in [4.69, 9.17) is 0 Å². The number of urea groups is 1. The van der Waals surface area contributed by atoms with Crippen molar-refractivity contribution in [2.75, 3.05) is 18.4 Å². The largest absolute Gasteiger partial charge is 0.343 e. The molecule has 5 rings (SSSR count). The van der Waals surface area contributed by atoms with Crippen LogP contribution in [0.4, 0.5) is 10.5 Å². The lowest BCUT2D eigenvalue weighted by Crippen LogP contribution is -2.43. The van der Waals surface area contributed by atoms with Crippen LogP contribution in [0.5, 0.6) is 0 Å². The minimum absolute atomic E-state index is 0.0972. The molecule has 1 saturated heterocycles. The lowest BCUT2D eigenvalue weighted by Gasteiger charge is -2.31. The average molecular weight is 477 g/mol. The summed E-state index contributed by atoms with van der Waals surface area (Å²) in [6.45, 7) is 0.919. The van der Waals surface area contributed by atoms with Gasteiger partial charge in [-0.3, -0.25) is 9.78 Å². The Labute approximate surface area is 199 Å². The monoisotopic (exact) mass is 476 g/mol. The van der Waals surface area contributed by atoms with Gasteiger partial charge < -0.3 is 14.8 Å². The molecule has 0 spiro atoms. The maximum Gasteiger partial charge on any atom is 0.343 e. The summed E-state index contributed by atoms with van der Waals surface area (Å²) in [5, 5.41) is 11.2. The molecule has 0 unspecified atom stereocenters. The number of anilines is 1. The Morgan fingerprint density at radius 2 is 1.85 bits per heavy atom. The van der Waals surface area contributed by atoms with Crippen LogP contribution < -0.4 is 16.6 Å². The molecule has 2 N–H and O–H groups in total. The van der Waals surface area contributed by atoms with Gasteiger partial charge in [-0.05, 0) is 41.3 Å². The first kappa shape index (κ1) is 21.9. The van der Waals surface area contributed by atoms with E-state index in [0.717, 1.165) is 16.7 Å². The molecule has 1 aliphatic rings. The van der Waals surface area contributed by atoms with Gasteiger partial charge in [-0.2, -0.15) is 11.3 Å². The van der Waals surface area contributed by atoms with E-state index in [0.29, 0.717) is 31.8 Å². The van der Waals surface area contributed by atoms with E-state index in [1.54, 1.807) is 35.5 Å². The number of pyridine rings is 1. The Morgan fingerprint density at radius 1 is 1.09 bits per heavy atom.